The Hall–Kier alpha value is -2.34. The van der Waals surface area contributed by atoms with E-state index >= 15 is 0 Å². The van der Waals surface area contributed by atoms with Crippen molar-refractivity contribution in [3.05, 3.63) is 52.8 Å². The number of rotatable bonds is 7. The molecule has 9 heteroatoms. The zero-order chi connectivity index (χ0) is 24.3. The van der Waals surface area contributed by atoms with E-state index in [1.807, 2.05) is 4.90 Å². The minimum Gasteiger partial charge on any atom is -0.341 e. The van der Waals surface area contributed by atoms with E-state index in [0.29, 0.717) is 42.7 Å². The number of fused-ring (bicyclic) bond motifs is 1. The summed E-state index contributed by atoms with van der Waals surface area (Å²) >= 11 is 6.25. The fraction of sp³-hybridized carbons (Fsp3) is 0.520. The highest BCUT2D eigenvalue weighted by Crippen LogP contribution is 2.36. The van der Waals surface area contributed by atoms with Gasteiger partial charge in [0.05, 0.1) is 5.02 Å². The van der Waals surface area contributed by atoms with Gasteiger partial charge >= 0.3 is 0 Å². The third kappa shape index (κ3) is 5.32. The van der Waals surface area contributed by atoms with Gasteiger partial charge in [-0.2, -0.15) is 9.98 Å². The lowest BCUT2D eigenvalue weighted by Crippen LogP contribution is -2.53. The van der Waals surface area contributed by atoms with E-state index in [0.717, 1.165) is 12.8 Å². The van der Waals surface area contributed by atoms with Crippen molar-refractivity contribution in [3.8, 4) is 6.07 Å². The summed E-state index contributed by atoms with van der Waals surface area (Å²) in [5.74, 6) is 0.948. The van der Waals surface area contributed by atoms with Crippen molar-refractivity contribution in [2.45, 2.75) is 62.9 Å². The van der Waals surface area contributed by atoms with E-state index < -0.39 is 16.1 Å². The Bertz CT molecular complexity index is 1170. The van der Waals surface area contributed by atoms with Crippen molar-refractivity contribution in [2.24, 2.45) is 11.8 Å². The number of aryl methyl sites for hydroxylation is 2. The third-order valence-corrected chi connectivity index (χ3v) is 9.33. The number of hydrogen-bond acceptors (Lipinski definition) is 4. The van der Waals surface area contributed by atoms with Gasteiger partial charge in [0, 0.05) is 25.8 Å². The molecule has 1 N–H and O–H groups in total. The van der Waals surface area contributed by atoms with Gasteiger partial charge in [-0.05, 0) is 61.8 Å². The number of piperidine rings is 1. The summed E-state index contributed by atoms with van der Waals surface area (Å²) in [6.45, 7) is 3.36. The highest BCUT2D eigenvalue weighted by molar-refractivity contribution is 7.89. The second-order valence-corrected chi connectivity index (χ2v) is 11.5. The minimum absolute atomic E-state index is 0.000802. The summed E-state index contributed by atoms with van der Waals surface area (Å²) in [5.41, 5.74) is 0.991. The molecule has 2 heterocycles. The Balaban J connectivity index is 1.57. The van der Waals surface area contributed by atoms with E-state index in [4.69, 9.17) is 11.6 Å². The van der Waals surface area contributed by atoms with Crippen LogP contribution < -0.4 is 4.72 Å². The summed E-state index contributed by atoms with van der Waals surface area (Å²) in [6, 6.07) is 9.55. The molecule has 1 aliphatic carbocycles. The van der Waals surface area contributed by atoms with Gasteiger partial charge in [0.15, 0.2) is 0 Å². The van der Waals surface area contributed by atoms with Crippen molar-refractivity contribution in [2.75, 3.05) is 13.1 Å². The SMILES string of the molecule is Cc1cccc(Cl)c1S(=O)(=O)NC(CCn1cccc1C#N)C(=O)N1CC[C@H]2CCCC[C@H]2C1. The molecule has 0 spiro atoms. The molecule has 1 aliphatic heterocycles. The number of benzene rings is 1. The molecule has 1 aromatic heterocycles. The van der Waals surface area contributed by atoms with Crippen molar-refractivity contribution < 1.29 is 13.2 Å². The lowest BCUT2D eigenvalue weighted by molar-refractivity contribution is -0.136. The monoisotopic (exact) mass is 502 g/mol. The average molecular weight is 503 g/mol. The Labute approximate surface area is 206 Å². The van der Waals surface area contributed by atoms with Gasteiger partial charge in [0.1, 0.15) is 22.7 Å². The Morgan fingerprint density at radius 1 is 1.21 bits per heavy atom. The number of halogens is 1. The summed E-state index contributed by atoms with van der Waals surface area (Å²) in [4.78, 5) is 15.5. The van der Waals surface area contributed by atoms with Crippen LogP contribution in [0.2, 0.25) is 5.02 Å². The lowest BCUT2D eigenvalue weighted by atomic mass is 9.75. The second-order valence-electron chi connectivity index (χ2n) is 9.42. The van der Waals surface area contributed by atoms with Gasteiger partial charge in [-0.15, -0.1) is 0 Å². The van der Waals surface area contributed by atoms with E-state index in [-0.39, 0.29) is 22.2 Å². The Morgan fingerprint density at radius 3 is 2.71 bits per heavy atom. The van der Waals surface area contributed by atoms with E-state index in [2.05, 4.69) is 10.8 Å². The molecule has 1 unspecified atom stereocenters. The first-order valence-corrected chi connectivity index (χ1v) is 13.8. The number of sulfonamides is 1. The molecule has 3 atom stereocenters. The zero-order valence-electron chi connectivity index (χ0n) is 19.4. The quantitative estimate of drug-likeness (QED) is 0.616. The standard InChI is InChI=1S/C25H31ClN4O3S/c1-18-6-4-10-22(26)24(18)34(32,33)28-23(12-15-29-13-5-9-21(29)16-27)25(31)30-14-11-19-7-2-3-8-20(19)17-30/h4-6,9-10,13,19-20,23,28H,2-3,7-8,11-12,14-15,17H2,1H3/t19-,20+,23?/m1/s1. The summed E-state index contributed by atoms with van der Waals surface area (Å²) in [6.07, 6.45) is 7.76. The van der Waals surface area contributed by atoms with Crippen LogP contribution in [0.5, 0.6) is 0 Å². The number of nitriles is 1. The molecule has 7 nitrogen and oxygen atoms in total. The number of nitrogens with one attached hydrogen (secondary N) is 1. The number of nitrogens with zero attached hydrogens (tertiary/aromatic N) is 3. The molecule has 2 fully saturated rings. The maximum atomic E-state index is 13.7. The Morgan fingerprint density at radius 2 is 1.97 bits per heavy atom. The largest absolute Gasteiger partial charge is 0.341 e. The molecule has 1 saturated heterocycles. The molecule has 0 bridgehead atoms. The Kier molecular flexibility index (Phi) is 7.66. The highest BCUT2D eigenvalue weighted by atomic mass is 35.5. The maximum Gasteiger partial charge on any atom is 0.243 e. The molecule has 2 aliphatic rings. The fourth-order valence-corrected chi connectivity index (χ4v) is 7.49. The van der Waals surface area contributed by atoms with Gasteiger partial charge in [-0.3, -0.25) is 4.79 Å². The number of likely N-dealkylation sites (tertiary alicyclic amines) is 1. The van der Waals surface area contributed by atoms with Crippen LogP contribution in [0.25, 0.3) is 0 Å². The third-order valence-electron chi connectivity index (χ3n) is 7.23. The van der Waals surface area contributed by atoms with Crippen molar-refractivity contribution in [1.29, 1.82) is 5.26 Å². The molecule has 1 amide bonds. The number of aromatic nitrogens is 1. The van der Waals surface area contributed by atoms with Crippen molar-refractivity contribution >= 4 is 27.5 Å². The summed E-state index contributed by atoms with van der Waals surface area (Å²) in [7, 11) is -4.04. The fourth-order valence-electron chi connectivity index (χ4n) is 5.44. The number of carbonyl (C=O) groups is 1. The van der Waals surface area contributed by atoms with Crippen LogP contribution >= 0.6 is 11.6 Å². The highest BCUT2D eigenvalue weighted by Gasteiger charge is 2.37. The van der Waals surface area contributed by atoms with Crippen molar-refractivity contribution in [3.63, 3.8) is 0 Å². The molecule has 182 valence electrons. The maximum absolute atomic E-state index is 13.7. The van der Waals surface area contributed by atoms with Gasteiger partial charge in [-0.1, -0.05) is 43.0 Å². The predicted octanol–water partition coefficient (Wildman–Crippen LogP) is 4.10. The smallest absolute Gasteiger partial charge is 0.243 e. The minimum atomic E-state index is -4.04. The topological polar surface area (TPSA) is 95.2 Å². The molecular weight excluding hydrogens is 472 g/mol. The molecule has 1 aromatic carbocycles. The molecule has 4 rings (SSSR count). The normalized spacial score (nSPS) is 21.5. The predicted molar refractivity (Wildman–Crippen MR) is 131 cm³/mol. The van der Waals surface area contributed by atoms with Crippen LogP contribution in [-0.4, -0.2) is 42.9 Å². The van der Waals surface area contributed by atoms with Crippen LogP contribution in [0.3, 0.4) is 0 Å². The number of hydrogen-bond donors (Lipinski definition) is 1. The lowest BCUT2D eigenvalue weighted by Gasteiger charge is -2.42. The molecule has 0 radical (unpaired) electrons. The first-order chi connectivity index (χ1) is 16.3. The van der Waals surface area contributed by atoms with Crippen LogP contribution in [0, 0.1) is 30.1 Å². The van der Waals surface area contributed by atoms with Gasteiger partial charge in [0.2, 0.25) is 15.9 Å². The van der Waals surface area contributed by atoms with Crippen molar-refractivity contribution in [1.82, 2.24) is 14.2 Å². The first kappa shape index (κ1) is 24.8. The van der Waals surface area contributed by atoms with Crippen LogP contribution in [-0.2, 0) is 21.4 Å². The molecule has 2 aromatic rings. The van der Waals surface area contributed by atoms with E-state index in [1.54, 1.807) is 42.0 Å². The van der Waals surface area contributed by atoms with Gasteiger partial charge in [0.25, 0.3) is 0 Å². The average Bonchev–Trinajstić information content (AvgIpc) is 3.28. The zero-order valence-corrected chi connectivity index (χ0v) is 21.0. The van der Waals surface area contributed by atoms with E-state index in [1.165, 1.54) is 25.3 Å². The molecule has 1 saturated carbocycles. The summed E-state index contributed by atoms with van der Waals surface area (Å²) in [5, 5.41) is 9.44. The van der Waals surface area contributed by atoms with Gasteiger partial charge in [-0.25, -0.2) is 8.42 Å². The van der Waals surface area contributed by atoms with E-state index in [9.17, 15) is 18.5 Å². The first-order valence-electron chi connectivity index (χ1n) is 11.9. The number of carbonyl (C=O) groups excluding carboxylic acids is 1. The summed E-state index contributed by atoms with van der Waals surface area (Å²) < 4.78 is 31.1. The van der Waals surface area contributed by atoms with Crippen LogP contribution in [0.4, 0.5) is 0 Å². The number of amides is 1. The molecular formula is C25H31ClN4O3S. The van der Waals surface area contributed by atoms with Gasteiger partial charge < -0.3 is 9.47 Å². The van der Waals surface area contributed by atoms with Crippen LogP contribution in [0.15, 0.2) is 41.4 Å². The van der Waals surface area contributed by atoms with Crippen LogP contribution in [0.1, 0.15) is 49.8 Å². The second kappa shape index (κ2) is 10.5. The molecule has 34 heavy (non-hydrogen) atoms.